The van der Waals surface area contributed by atoms with Crippen molar-refractivity contribution in [1.29, 1.82) is 0 Å². The number of hydrogen-bond donors (Lipinski definition) is 1. The summed E-state index contributed by atoms with van der Waals surface area (Å²) < 4.78 is 0. The van der Waals surface area contributed by atoms with Gasteiger partial charge in [-0.2, -0.15) is 0 Å². The molecule has 0 saturated heterocycles. The lowest BCUT2D eigenvalue weighted by molar-refractivity contribution is -0.132. The van der Waals surface area contributed by atoms with Crippen molar-refractivity contribution < 1.29 is 9.90 Å². The molecule has 2 heteroatoms. The maximum atomic E-state index is 11.0. The van der Waals surface area contributed by atoms with Gasteiger partial charge in [0.15, 0.2) is 0 Å². The minimum Gasteiger partial charge on any atom is -0.478 e. The Bertz CT molecular complexity index is 596. The van der Waals surface area contributed by atoms with Crippen molar-refractivity contribution in [1.82, 2.24) is 0 Å². The number of rotatable bonds is 14. The molecule has 27 heavy (non-hydrogen) atoms. The molecule has 0 aromatic heterocycles. The molecule has 0 unspecified atom stereocenters. The van der Waals surface area contributed by atoms with Crippen molar-refractivity contribution in [3.8, 4) is 0 Å². The second kappa shape index (κ2) is 18.4. The third-order valence-corrected chi connectivity index (χ3v) is 3.90. The molecule has 0 amide bonds. The molecule has 2 nitrogen and oxygen atoms in total. The lowest BCUT2D eigenvalue weighted by Gasteiger charge is -2.00. The van der Waals surface area contributed by atoms with Crippen LogP contribution in [0.4, 0.5) is 0 Å². The minimum absolute atomic E-state index is 0.472. The van der Waals surface area contributed by atoms with Gasteiger partial charge in [0.05, 0.1) is 0 Å². The average molecular weight is 369 g/mol. The second-order valence-electron chi connectivity index (χ2n) is 6.19. The number of carboxylic acid groups (broad SMARTS) is 1. The van der Waals surface area contributed by atoms with Crippen LogP contribution in [-0.2, 0) is 4.79 Å². The molecule has 0 atom stereocenters. The minimum atomic E-state index is -0.831. The van der Waals surface area contributed by atoms with Crippen LogP contribution >= 0.6 is 0 Å². The number of allylic oxidation sites excluding steroid dienone is 13. The zero-order chi connectivity index (χ0) is 20.2. The molecule has 0 spiro atoms. The summed E-state index contributed by atoms with van der Waals surface area (Å²) in [7, 11) is 0. The first-order valence-electron chi connectivity index (χ1n) is 9.99. The number of hydrogen-bond acceptors (Lipinski definition) is 1. The molecule has 0 rings (SSSR count). The Kier molecular flexibility index (Phi) is 16.8. The molecule has 0 aromatic carbocycles. The predicted molar refractivity (Wildman–Crippen MR) is 119 cm³/mol. The van der Waals surface area contributed by atoms with Gasteiger partial charge in [0, 0.05) is 5.57 Å². The molecule has 0 radical (unpaired) electrons. The average Bonchev–Trinajstić information content (AvgIpc) is 2.64. The fraction of sp³-hybridized carbons (Fsp3) is 0.400. The number of carbonyl (C=O) groups is 1. The van der Waals surface area contributed by atoms with E-state index in [0.29, 0.717) is 12.0 Å². The van der Waals surface area contributed by atoms with E-state index in [-0.39, 0.29) is 0 Å². The highest BCUT2D eigenvalue weighted by Crippen LogP contribution is 2.10. The molecule has 0 aromatic rings. The molecule has 0 fully saturated rings. The molecular formula is C25H36O2. The number of carboxylic acids is 1. The summed E-state index contributed by atoms with van der Waals surface area (Å²) in [6, 6.07) is 0. The van der Waals surface area contributed by atoms with E-state index in [9.17, 15) is 4.79 Å². The summed E-state index contributed by atoms with van der Waals surface area (Å²) >= 11 is 0. The van der Waals surface area contributed by atoms with Crippen molar-refractivity contribution in [2.75, 3.05) is 0 Å². The van der Waals surface area contributed by atoms with E-state index in [1.807, 2.05) is 32.1 Å². The molecule has 148 valence electrons. The van der Waals surface area contributed by atoms with E-state index in [2.05, 4.69) is 61.6 Å². The normalized spacial score (nSPS) is 14.0. The third kappa shape index (κ3) is 15.6. The summed E-state index contributed by atoms with van der Waals surface area (Å²) in [4.78, 5) is 11.0. The lowest BCUT2D eigenvalue weighted by atomic mass is 10.1. The summed E-state index contributed by atoms with van der Waals surface area (Å²) in [6.45, 7) is 5.85. The van der Waals surface area contributed by atoms with E-state index in [4.69, 9.17) is 5.11 Å². The topological polar surface area (TPSA) is 37.3 Å². The monoisotopic (exact) mass is 368 g/mol. The summed E-state index contributed by atoms with van der Waals surface area (Å²) in [5.74, 6) is -0.831. The Labute approximate surface area is 166 Å². The third-order valence-electron chi connectivity index (χ3n) is 3.90. The van der Waals surface area contributed by atoms with Crippen LogP contribution in [0.5, 0.6) is 0 Å². The van der Waals surface area contributed by atoms with Crippen molar-refractivity contribution in [3.63, 3.8) is 0 Å². The van der Waals surface area contributed by atoms with E-state index in [0.717, 1.165) is 44.1 Å². The van der Waals surface area contributed by atoms with Crippen LogP contribution in [0.3, 0.4) is 0 Å². The first kappa shape index (κ1) is 24.7. The van der Waals surface area contributed by atoms with E-state index in [1.54, 1.807) is 0 Å². The van der Waals surface area contributed by atoms with Crippen molar-refractivity contribution in [3.05, 3.63) is 84.1 Å². The molecule has 1 N–H and O–H groups in total. The zero-order valence-electron chi connectivity index (χ0n) is 17.2. The quantitative estimate of drug-likeness (QED) is 0.149. The van der Waals surface area contributed by atoms with Gasteiger partial charge in [-0.1, -0.05) is 86.8 Å². The fourth-order valence-corrected chi connectivity index (χ4v) is 2.36. The molecule has 0 aliphatic carbocycles. The van der Waals surface area contributed by atoms with Crippen LogP contribution in [0.15, 0.2) is 84.1 Å². The van der Waals surface area contributed by atoms with Crippen molar-refractivity contribution in [2.24, 2.45) is 0 Å². The number of unbranched alkanes of at least 4 members (excludes halogenated alkanes) is 1. The summed E-state index contributed by atoms with van der Waals surface area (Å²) in [6.07, 6.45) is 32.1. The first-order chi connectivity index (χ1) is 13.1. The Morgan fingerprint density at radius 2 is 1.26 bits per heavy atom. The Balaban J connectivity index is 3.87. The molecule has 0 aliphatic heterocycles. The van der Waals surface area contributed by atoms with Crippen molar-refractivity contribution >= 4 is 5.97 Å². The Morgan fingerprint density at radius 3 is 1.78 bits per heavy atom. The van der Waals surface area contributed by atoms with E-state index < -0.39 is 5.97 Å². The van der Waals surface area contributed by atoms with Gasteiger partial charge in [0.25, 0.3) is 0 Å². The Hall–Kier alpha value is -2.35. The molecule has 0 aliphatic rings. The van der Waals surface area contributed by atoms with Gasteiger partial charge in [0.1, 0.15) is 0 Å². The van der Waals surface area contributed by atoms with Crippen LogP contribution in [0.25, 0.3) is 0 Å². The fourth-order valence-electron chi connectivity index (χ4n) is 2.36. The summed E-state index contributed by atoms with van der Waals surface area (Å²) in [5.41, 5.74) is 1.29. The zero-order valence-corrected chi connectivity index (χ0v) is 17.2. The standard InChI is InChI=1S/C25H36O2/c1-4-6-7-8-9-10-11-12-13-14-15-16-17-18-19-20-21-22-23(3)24(5-2)25(26)27/h6-7,9-10,12-13,15-16,19-22H,4-5,8,11,14,17-18H2,1-3H3,(H,26,27)/b7-6-,10-9-,13-12-,16-15-,20-19+,22-21+,24-23+. The second-order valence-corrected chi connectivity index (χ2v) is 6.19. The summed E-state index contributed by atoms with van der Waals surface area (Å²) in [5, 5.41) is 9.06. The van der Waals surface area contributed by atoms with Gasteiger partial charge in [0.2, 0.25) is 0 Å². The molecule has 0 heterocycles. The highest BCUT2D eigenvalue weighted by Gasteiger charge is 2.05. The van der Waals surface area contributed by atoms with Gasteiger partial charge < -0.3 is 5.11 Å². The highest BCUT2D eigenvalue weighted by molar-refractivity contribution is 5.87. The predicted octanol–water partition coefficient (Wildman–Crippen LogP) is 7.50. The van der Waals surface area contributed by atoms with Crippen LogP contribution in [0.1, 0.15) is 65.7 Å². The maximum Gasteiger partial charge on any atom is 0.331 e. The maximum absolute atomic E-state index is 11.0. The van der Waals surface area contributed by atoms with Crippen LogP contribution in [0, 0.1) is 0 Å². The van der Waals surface area contributed by atoms with Crippen LogP contribution < -0.4 is 0 Å². The smallest absolute Gasteiger partial charge is 0.331 e. The van der Waals surface area contributed by atoms with Crippen LogP contribution in [-0.4, -0.2) is 11.1 Å². The highest BCUT2D eigenvalue weighted by atomic mass is 16.4. The number of aliphatic carboxylic acids is 1. The van der Waals surface area contributed by atoms with Gasteiger partial charge in [-0.3, -0.25) is 0 Å². The molecule has 0 saturated carbocycles. The van der Waals surface area contributed by atoms with Gasteiger partial charge in [-0.25, -0.2) is 4.79 Å². The molecular weight excluding hydrogens is 332 g/mol. The van der Waals surface area contributed by atoms with Gasteiger partial charge >= 0.3 is 5.97 Å². The largest absolute Gasteiger partial charge is 0.478 e. The van der Waals surface area contributed by atoms with Gasteiger partial charge in [-0.15, -0.1) is 0 Å². The Morgan fingerprint density at radius 1 is 0.741 bits per heavy atom. The lowest BCUT2D eigenvalue weighted by Crippen LogP contribution is -2.01. The first-order valence-corrected chi connectivity index (χ1v) is 9.99. The van der Waals surface area contributed by atoms with Gasteiger partial charge in [-0.05, 0) is 57.4 Å². The van der Waals surface area contributed by atoms with E-state index >= 15 is 0 Å². The van der Waals surface area contributed by atoms with Crippen LogP contribution in [0.2, 0.25) is 0 Å². The van der Waals surface area contributed by atoms with Crippen molar-refractivity contribution in [2.45, 2.75) is 65.7 Å². The molecule has 0 bridgehead atoms. The SMILES string of the molecule is CC/C=C\C/C=C\C/C=C\C/C=C\CC/C=C/C=C/C(C)=C(\CC)C(=O)O. The van der Waals surface area contributed by atoms with E-state index in [1.165, 1.54) is 0 Å².